The summed E-state index contributed by atoms with van der Waals surface area (Å²) in [7, 11) is 0. The number of carbonyl (C=O) groups excluding carboxylic acids is 2. The molecule has 1 amide bonds. The number of fused-ring (bicyclic) bond motifs is 6. The van der Waals surface area contributed by atoms with Gasteiger partial charge in [-0.3, -0.25) is 4.79 Å². The summed E-state index contributed by atoms with van der Waals surface area (Å²) in [5, 5.41) is 19.7. The fourth-order valence-corrected chi connectivity index (χ4v) is 3.65. The molecule has 1 spiro atoms. The first kappa shape index (κ1) is 19.3. The van der Waals surface area contributed by atoms with Gasteiger partial charge in [0, 0.05) is 28.8 Å². The molecule has 0 fully saturated rings. The molecule has 8 nitrogen and oxygen atoms in total. The lowest BCUT2D eigenvalue weighted by Crippen LogP contribution is -2.32. The summed E-state index contributed by atoms with van der Waals surface area (Å²) in [4.78, 5) is 22.0. The van der Waals surface area contributed by atoms with Crippen LogP contribution in [0, 0.1) is 0 Å². The Labute approximate surface area is 171 Å². The van der Waals surface area contributed by atoms with Gasteiger partial charge in [-0.15, -0.1) is 0 Å². The fraction of sp³-hybridized carbons (Fsp3) is 0.0909. The van der Waals surface area contributed by atoms with E-state index in [0.717, 1.165) is 0 Å². The Morgan fingerprint density at radius 1 is 0.900 bits per heavy atom. The third-order valence-electron chi connectivity index (χ3n) is 4.88. The minimum absolute atomic E-state index is 0.0371. The van der Waals surface area contributed by atoms with E-state index in [2.05, 4.69) is 5.73 Å². The second kappa shape index (κ2) is 7.09. The minimum Gasteiger partial charge on any atom is -0.508 e. The zero-order valence-corrected chi connectivity index (χ0v) is 15.7. The number of phenolic OH excluding ortho intramolecular Hbond substituents is 2. The second-order valence-electron chi connectivity index (χ2n) is 6.75. The van der Waals surface area contributed by atoms with Crippen molar-refractivity contribution in [1.29, 1.82) is 0 Å². The Balaban J connectivity index is 0.000000393. The maximum atomic E-state index is 12.5. The lowest BCUT2D eigenvalue weighted by molar-refractivity contribution is -0.116. The van der Waals surface area contributed by atoms with Gasteiger partial charge in [-0.25, -0.2) is 4.79 Å². The summed E-state index contributed by atoms with van der Waals surface area (Å²) in [6.07, 6.45) is 0. The molecule has 2 aliphatic rings. The van der Waals surface area contributed by atoms with Crippen molar-refractivity contribution < 1.29 is 29.3 Å². The third kappa shape index (κ3) is 2.90. The highest BCUT2D eigenvalue weighted by molar-refractivity contribution is 5.97. The summed E-state index contributed by atoms with van der Waals surface area (Å²) in [5.74, 6) is -0.0593. The van der Waals surface area contributed by atoms with Crippen molar-refractivity contribution in [2.24, 2.45) is 11.5 Å². The van der Waals surface area contributed by atoms with Crippen LogP contribution in [0.3, 0.4) is 0 Å². The molecule has 0 radical (unpaired) electrons. The molecule has 0 saturated heterocycles. The monoisotopic (exact) mass is 406 g/mol. The lowest BCUT2D eigenvalue weighted by Gasteiger charge is -2.36. The van der Waals surface area contributed by atoms with Crippen LogP contribution in [-0.4, -0.2) is 28.6 Å². The topological polar surface area (TPSA) is 145 Å². The largest absolute Gasteiger partial charge is 0.508 e. The van der Waals surface area contributed by atoms with Crippen molar-refractivity contribution >= 4 is 11.9 Å². The van der Waals surface area contributed by atoms with E-state index in [4.69, 9.17) is 15.2 Å². The molecule has 152 valence electrons. The maximum Gasteiger partial charge on any atom is 0.340 e. The fourth-order valence-electron chi connectivity index (χ4n) is 3.65. The molecular formula is C22H18N2O6. The summed E-state index contributed by atoms with van der Waals surface area (Å²) < 4.78 is 11.8. The standard InChI is InChI=1S/C20H12O5.C2H6N2O/c21-11-5-7-15-17(9-11)24-18-10-12(22)6-8-16(18)20(15)14-4-2-1-3-13(14)19(23)25-20;3-1-2(4)5/h1-10,21-22H;1,3H2,(H2,4,5). The van der Waals surface area contributed by atoms with Gasteiger partial charge in [-0.2, -0.15) is 0 Å². The third-order valence-corrected chi connectivity index (χ3v) is 4.88. The van der Waals surface area contributed by atoms with E-state index in [0.29, 0.717) is 33.8 Å². The number of rotatable bonds is 1. The van der Waals surface area contributed by atoms with Gasteiger partial charge in [0.15, 0.2) is 5.60 Å². The molecule has 30 heavy (non-hydrogen) atoms. The van der Waals surface area contributed by atoms with E-state index in [1.807, 2.05) is 12.1 Å². The number of phenols is 2. The van der Waals surface area contributed by atoms with E-state index >= 15 is 0 Å². The van der Waals surface area contributed by atoms with Crippen LogP contribution in [0.1, 0.15) is 27.0 Å². The number of carbonyl (C=O) groups is 2. The van der Waals surface area contributed by atoms with E-state index in [-0.39, 0.29) is 18.0 Å². The maximum absolute atomic E-state index is 12.5. The van der Waals surface area contributed by atoms with Crippen LogP contribution < -0.4 is 16.2 Å². The second-order valence-corrected chi connectivity index (χ2v) is 6.75. The average molecular weight is 406 g/mol. The van der Waals surface area contributed by atoms with Crippen LogP contribution in [0.15, 0.2) is 60.7 Å². The van der Waals surface area contributed by atoms with Gasteiger partial charge in [-0.1, -0.05) is 18.2 Å². The van der Waals surface area contributed by atoms with Gasteiger partial charge >= 0.3 is 5.97 Å². The highest BCUT2D eigenvalue weighted by Gasteiger charge is 2.53. The Morgan fingerprint density at radius 3 is 1.97 bits per heavy atom. The molecule has 5 rings (SSSR count). The Bertz CT molecular complexity index is 1120. The van der Waals surface area contributed by atoms with Crippen LogP contribution in [0.25, 0.3) is 0 Å². The van der Waals surface area contributed by atoms with Crippen molar-refractivity contribution in [2.75, 3.05) is 6.54 Å². The zero-order chi connectivity index (χ0) is 21.5. The molecule has 2 aliphatic heterocycles. The van der Waals surface area contributed by atoms with Crippen molar-refractivity contribution in [3.8, 4) is 23.0 Å². The van der Waals surface area contributed by atoms with E-state index in [1.54, 1.807) is 24.3 Å². The van der Waals surface area contributed by atoms with E-state index in [1.165, 1.54) is 24.3 Å². The van der Waals surface area contributed by atoms with Gasteiger partial charge in [-0.05, 0) is 30.3 Å². The summed E-state index contributed by atoms with van der Waals surface area (Å²) in [5.41, 5.74) is 10.5. The van der Waals surface area contributed by atoms with Gasteiger partial charge < -0.3 is 31.2 Å². The molecule has 0 unspecified atom stereocenters. The molecule has 3 aromatic carbocycles. The van der Waals surface area contributed by atoms with Gasteiger partial charge in [0.05, 0.1) is 12.1 Å². The van der Waals surface area contributed by atoms with Crippen LogP contribution in [0.5, 0.6) is 23.0 Å². The number of ether oxygens (including phenoxy) is 2. The number of primary amides is 1. The molecule has 0 atom stereocenters. The molecule has 0 saturated carbocycles. The lowest BCUT2D eigenvalue weighted by atomic mass is 9.77. The van der Waals surface area contributed by atoms with Crippen molar-refractivity contribution in [1.82, 2.24) is 0 Å². The Hall–Kier alpha value is -4.04. The Kier molecular flexibility index (Phi) is 4.56. The molecule has 6 N–H and O–H groups in total. The predicted octanol–water partition coefficient (Wildman–Crippen LogP) is 2.10. The number of hydrogen-bond acceptors (Lipinski definition) is 7. The number of amides is 1. The van der Waals surface area contributed by atoms with Gasteiger partial charge in [0.1, 0.15) is 23.0 Å². The number of nitrogens with two attached hydrogens (primary N) is 2. The molecule has 0 aromatic heterocycles. The van der Waals surface area contributed by atoms with Crippen LogP contribution in [0.4, 0.5) is 0 Å². The molecule has 8 heteroatoms. The van der Waals surface area contributed by atoms with Gasteiger partial charge in [0.2, 0.25) is 5.91 Å². The smallest absolute Gasteiger partial charge is 0.340 e. The molecule has 0 bridgehead atoms. The Morgan fingerprint density at radius 2 is 1.43 bits per heavy atom. The van der Waals surface area contributed by atoms with Crippen molar-refractivity contribution in [2.45, 2.75) is 5.60 Å². The number of benzene rings is 3. The summed E-state index contributed by atoms with van der Waals surface area (Å²) in [6.45, 7) is -0.0556. The summed E-state index contributed by atoms with van der Waals surface area (Å²) in [6, 6.07) is 16.6. The normalized spacial score (nSPS) is 14.4. The molecule has 0 aliphatic carbocycles. The number of hydrogen-bond donors (Lipinski definition) is 4. The van der Waals surface area contributed by atoms with Crippen LogP contribution >= 0.6 is 0 Å². The molecule has 3 aromatic rings. The zero-order valence-electron chi connectivity index (χ0n) is 15.7. The van der Waals surface area contributed by atoms with Crippen molar-refractivity contribution in [3.63, 3.8) is 0 Å². The highest BCUT2D eigenvalue weighted by Crippen LogP contribution is 2.56. The molecule has 2 heterocycles. The van der Waals surface area contributed by atoms with E-state index < -0.39 is 17.5 Å². The first-order chi connectivity index (χ1) is 14.4. The number of aromatic hydroxyl groups is 2. The first-order valence-corrected chi connectivity index (χ1v) is 9.03. The minimum atomic E-state index is -1.17. The van der Waals surface area contributed by atoms with Gasteiger partial charge in [0.25, 0.3) is 0 Å². The highest BCUT2D eigenvalue weighted by atomic mass is 16.6. The predicted molar refractivity (Wildman–Crippen MR) is 106 cm³/mol. The average Bonchev–Trinajstić information content (AvgIpc) is 3.01. The van der Waals surface area contributed by atoms with Crippen molar-refractivity contribution in [3.05, 3.63) is 82.9 Å². The SMILES string of the molecule is NCC(N)=O.O=C1OC2(c3ccc(O)cc3Oc3cc(O)ccc32)c2ccccc21. The number of esters is 1. The van der Waals surface area contributed by atoms with Crippen LogP contribution in [-0.2, 0) is 15.1 Å². The molecular weight excluding hydrogens is 388 g/mol. The quantitative estimate of drug-likeness (QED) is 0.453. The van der Waals surface area contributed by atoms with E-state index in [9.17, 15) is 19.8 Å². The first-order valence-electron chi connectivity index (χ1n) is 9.03. The summed E-state index contributed by atoms with van der Waals surface area (Å²) >= 11 is 0. The van der Waals surface area contributed by atoms with Crippen LogP contribution in [0.2, 0.25) is 0 Å².